The molecule has 0 unspecified atom stereocenters. The minimum atomic E-state index is -0.0944. The lowest BCUT2D eigenvalue weighted by Crippen LogP contribution is -2.28. The summed E-state index contributed by atoms with van der Waals surface area (Å²) < 4.78 is 12.0. The number of carbonyl (C=O) groups excluding carboxylic acids is 1. The molecule has 2 heterocycles. The Morgan fingerprint density at radius 1 is 1.22 bits per heavy atom. The summed E-state index contributed by atoms with van der Waals surface area (Å²) in [4.78, 5) is 29.4. The van der Waals surface area contributed by atoms with Crippen molar-refractivity contribution in [3.05, 3.63) is 57.0 Å². The van der Waals surface area contributed by atoms with E-state index < -0.39 is 0 Å². The van der Waals surface area contributed by atoms with Gasteiger partial charge in [0.15, 0.2) is 16.5 Å². The predicted octanol–water partition coefficient (Wildman–Crippen LogP) is 1.98. The fourth-order valence-electron chi connectivity index (χ4n) is 2.83. The summed E-state index contributed by atoms with van der Waals surface area (Å²) in [5.41, 5.74) is 2.29. The first-order chi connectivity index (χ1) is 13.0. The molecule has 2 aromatic heterocycles. The van der Waals surface area contributed by atoms with Crippen LogP contribution in [0.1, 0.15) is 17.0 Å². The third kappa shape index (κ3) is 4.28. The van der Waals surface area contributed by atoms with Gasteiger partial charge in [0.05, 0.1) is 20.6 Å². The van der Waals surface area contributed by atoms with Crippen LogP contribution in [0.3, 0.4) is 0 Å². The zero-order chi connectivity index (χ0) is 19.4. The number of carbonyl (C=O) groups is 1. The molecule has 0 atom stereocenters. The zero-order valence-electron chi connectivity index (χ0n) is 15.4. The molecule has 27 heavy (non-hydrogen) atoms. The van der Waals surface area contributed by atoms with Gasteiger partial charge in [0.25, 0.3) is 5.56 Å². The van der Waals surface area contributed by atoms with Crippen molar-refractivity contribution in [3.63, 3.8) is 0 Å². The Kier molecular flexibility index (Phi) is 5.75. The van der Waals surface area contributed by atoms with Crippen LogP contribution < -0.4 is 20.3 Å². The van der Waals surface area contributed by atoms with E-state index in [1.165, 1.54) is 17.4 Å². The highest BCUT2D eigenvalue weighted by Gasteiger charge is 2.10. The van der Waals surface area contributed by atoms with Crippen LogP contribution >= 0.6 is 11.3 Å². The third-order valence-corrected chi connectivity index (χ3v) is 4.99. The van der Waals surface area contributed by atoms with Crippen molar-refractivity contribution in [2.45, 2.75) is 19.8 Å². The molecule has 0 aliphatic rings. The third-order valence-electron chi connectivity index (χ3n) is 4.12. The molecule has 7 nitrogen and oxygen atoms in total. The van der Waals surface area contributed by atoms with E-state index >= 15 is 0 Å². The molecule has 0 radical (unpaired) electrons. The molecule has 0 spiro atoms. The molecule has 0 saturated heterocycles. The van der Waals surface area contributed by atoms with Gasteiger partial charge in [0.2, 0.25) is 5.91 Å². The van der Waals surface area contributed by atoms with E-state index in [4.69, 9.17) is 9.47 Å². The summed E-state index contributed by atoms with van der Waals surface area (Å²) in [7, 11) is 3.13. The summed E-state index contributed by atoms with van der Waals surface area (Å²) in [5, 5.41) is 4.80. The van der Waals surface area contributed by atoms with Crippen LogP contribution in [0.15, 0.2) is 34.4 Å². The number of hydrogen-bond donors (Lipinski definition) is 1. The summed E-state index contributed by atoms with van der Waals surface area (Å²) in [5.74, 6) is 1.12. The molecule has 3 rings (SSSR count). The topological polar surface area (TPSA) is 81.9 Å². The number of aryl methyl sites for hydroxylation is 1. The van der Waals surface area contributed by atoms with Gasteiger partial charge in [-0.3, -0.25) is 14.0 Å². The number of amides is 1. The molecular formula is C19H21N3O4S. The predicted molar refractivity (Wildman–Crippen MR) is 104 cm³/mol. The van der Waals surface area contributed by atoms with Gasteiger partial charge in [-0.05, 0) is 24.6 Å². The Morgan fingerprint density at radius 3 is 2.74 bits per heavy atom. The van der Waals surface area contributed by atoms with E-state index in [1.54, 1.807) is 37.7 Å². The Hall–Kier alpha value is -2.87. The van der Waals surface area contributed by atoms with Gasteiger partial charge in [-0.25, -0.2) is 4.98 Å². The Balaban J connectivity index is 1.60. The SMILES string of the molecule is COc1ccc(CC(=O)NCCc2csc3nc(C)cc(=O)n23)cc1OC. The molecular weight excluding hydrogens is 366 g/mol. The molecule has 1 aromatic carbocycles. The summed E-state index contributed by atoms with van der Waals surface area (Å²) in [6, 6.07) is 6.92. The average Bonchev–Trinajstić information content (AvgIpc) is 3.04. The molecule has 0 fully saturated rings. The van der Waals surface area contributed by atoms with E-state index in [-0.39, 0.29) is 17.9 Å². The lowest BCUT2D eigenvalue weighted by atomic mass is 10.1. The highest BCUT2D eigenvalue weighted by Crippen LogP contribution is 2.27. The fraction of sp³-hybridized carbons (Fsp3) is 0.316. The van der Waals surface area contributed by atoms with Gasteiger partial charge in [-0.2, -0.15) is 0 Å². The number of benzene rings is 1. The fourth-order valence-corrected chi connectivity index (χ4v) is 3.80. The first-order valence-electron chi connectivity index (χ1n) is 8.46. The van der Waals surface area contributed by atoms with Crippen molar-refractivity contribution < 1.29 is 14.3 Å². The molecule has 0 bridgehead atoms. The Bertz CT molecular complexity index is 1030. The minimum Gasteiger partial charge on any atom is -0.493 e. The second kappa shape index (κ2) is 8.22. The molecule has 1 N–H and O–H groups in total. The van der Waals surface area contributed by atoms with Crippen LogP contribution in [0.4, 0.5) is 0 Å². The first kappa shape index (κ1) is 18.9. The minimum absolute atomic E-state index is 0.0922. The molecule has 1 amide bonds. The van der Waals surface area contributed by atoms with E-state index in [0.717, 1.165) is 11.3 Å². The smallest absolute Gasteiger partial charge is 0.258 e. The van der Waals surface area contributed by atoms with Crippen LogP contribution in [0.5, 0.6) is 11.5 Å². The molecule has 142 valence electrons. The number of methoxy groups -OCH3 is 2. The maximum atomic E-state index is 12.2. The lowest BCUT2D eigenvalue weighted by Gasteiger charge is -2.10. The van der Waals surface area contributed by atoms with E-state index in [1.807, 2.05) is 11.4 Å². The number of nitrogens with one attached hydrogen (secondary N) is 1. The monoisotopic (exact) mass is 387 g/mol. The maximum absolute atomic E-state index is 12.2. The van der Waals surface area contributed by atoms with Crippen molar-refractivity contribution in [2.24, 2.45) is 0 Å². The summed E-state index contributed by atoms with van der Waals surface area (Å²) >= 11 is 1.42. The molecule has 8 heteroatoms. The normalized spacial score (nSPS) is 10.8. The van der Waals surface area contributed by atoms with Gasteiger partial charge in [0, 0.05) is 35.8 Å². The van der Waals surface area contributed by atoms with E-state index in [2.05, 4.69) is 10.3 Å². The van der Waals surface area contributed by atoms with Crippen LogP contribution in [-0.2, 0) is 17.6 Å². The van der Waals surface area contributed by atoms with Crippen LogP contribution in [0.25, 0.3) is 4.96 Å². The van der Waals surface area contributed by atoms with Gasteiger partial charge < -0.3 is 14.8 Å². The standard InChI is InChI=1S/C19H21N3O4S/c1-12-8-18(24)22-14(11-27-19(22)21-12)6-7-20-17(23)10-13-4-5-15(25-2)16(9-13)26-3/h4-5,8-9,11H,6-7,10H2,1-3H3,(H,20,23). The van der Waals surface area contributed by atoms with Crippen molar-refractivity contribution in [2.75, 3.05) is 20.8 Å². The largest absolute Gasteiger partial charge is 0.493 e. The van der Waals surface area contributed by atoms with Gasteiger partial charge in [0.1, 0.15) is 0 Å². The number of ether oxygens (including phenoxy) is 2. The number of nitrogens with zero attached hydrogens (tertiary/aromatic N) is 2. The van der Waals surface area contributed by atoms with E-state index in [9.17, 15) is 9.59 Å². The quantitative estimate of drug-likeness (QED) is 0.670. The van der Waals surface area contributed by atoms with E-state index in [0.29, 0.717) is 35.1 Å². The number of fused-ring (bicyclic) bond motifs is 1. The highest BCUT2D eigenvalue weighted by molar-refractivity contribution is 7.15. The number of rotatable bonds is 7. The van der Waals surface area contributed by atoms with Crippen LogP contribution in [0.2, 0.25) is 0 Å². The molecule has 0 saturated carbocycles. The zero-order valence-corrected chi connectivity index (χ0v) is 16.3. The van der Waals surface area contributed by atoms with Crippen molar-refractivity contribution in [1.29, 1.82) is 0 Å². The maximum Gasteiger partial charge on any atom is 0.258 e. The second-order valence-corrected chi connectivity index (χ2v) is 6.88. The number of thiazole rings is 1. The summed E-state index contributed by atoms with van der Waals surface area (Å²) in [6.07, 6.45) is 0.799. The number of aromatic nitrogens is 2. The Morgan fingerprint density at radius 2 is 2.00 bits per heavy atom. The molecule has 0 aliphatic carbocycles. The van der Waals surface area contributed by atoms with Gasteiger partial charge >= 0.3 is 0 Å². The Labute approximate surface area is 160 Å². The second-order valence-electron chi connectivity index (χ2n) is 6.05. The highest BCUT2D eigenvalue weighted by atomic mass is 32.1. The van der Waals surface area contributed by atoms with Crippen molar-refractivity contribution in [3.8, 4) is 11.5 Å². The molecule has 3 aromatic rings. The first-order valence-corrected chi connectivity index (χ1v) is 9.34. The lowest BCUT2D eigenvalue weighted by molar-refractivity contribution is -0.120. The average molecular weight is 387 g/mol. The van der Waals surface area contributed by atoms with Crippen LogP contribution in [0, 0.1) is 6.92 Å². The van der Waals surface area contributed by atoms with Gasteiger partial charge in [-0.1, -0.05) is 6.07 Å². The number of hydrogen-bond acceptors (Lipinski definition) is 6. The van der Waals surface area contributed by atoms with Crippen LogP contribution in [-0.4, -0.2) is 36.1 Å². The van der Waals surface area contributed by atoms with Crippen molar-refractivity contribution >= 4 is 22.2 Å². The van der Waals surface area contributed by atoms with Gasteiger partial charge in [-0.15, -0.1) is 11.3 Å². The summed E-state index contributed by atoms with van der Waals surface area (Å²) in [6.45, 7) is 2.24. The molecule has 0 aliphatic heterocycles. The van der Waals surface area contributed by atoms with Crippen molar-refractivity contribution in [1.82, 2.24) is 14.7 Å².